The van der Waals surface area contributed by atoms with Crippen molar-refractivity contribution in [1.29, 1.82) is 0 Å². The van der Waals surface area contributed by atoms with Crippen LogP contribution in [0.2, 0.25) is 5.02 Å². The van der Waals surface area contributed by atoms with Gasteiger partial charge in [0.15, 0.2) is 0 Å². The first-order valence-electron chi connectivity index (χ1n) is 9.02. The Labute approximate surface area is 172 Å². The van der Waals surface area contributed by atoms with Gasteiger partial charge in [-0.3, -0.25) is 4.79 Å². The van der Waals surface area contributed by atoms with Gasteiger partial charge < -0.3 is 20.9 Å². The fourth-order valence-electron chi connectivity index (χ4n) is 3.15. The molecular weight excluding hydrogens is 387 g/mol. The highest BCUT2D eigenvalue weighted by Gasteiger charge is 2.25. The van der Waals surface area contributed by atoms with Crippen LogP contribution in [0.25, 0.3) is 0 Å². The van der Waals surface area contributed by atoms with Gasteiger partial charge in [0.25, 0.3) is 5.91 Å². The van der Waals surface area contributed by atoms with E-state index < -0.39 is 0 Å². The Balaban J connectivity index is 0.00000364. The van der Waals surface area contributed by atoms with Gasteiger partial charge >= 0.3 is 6.03 Å². The highest BCUT2D eigenvalue weighted by molar-refractivity contribution is 6.34. The van der Waals surface area contributed by atoms with Crippen molar-refractivity contribution in [2.24, 2.45) is 5.92 Å². The maximum Gasteiger partial charge on any atom is 0.319 e. The van der Waals surface area contributed by atoms with Crippen molar-refractivity contribution in [3.63, 3.8) is 0 Å². The Morgan fingerprint density at radius 1 is 1.30 bits per heavy atom. The quantitative estimate of drug-likeness (QED) is 0.699. The molecule has 0 aliphatic carbocycles. The van der Waals surface area contributed by atoms with Crippen LogP contribution in [0.15, 0.2) is 18.2 Å². The van der Waals surface area contributed by atoms with Gasteiger partial charge in [0.1, 0.15) is 0 Å². The van der Waals surface area contributed by atoms with Crippen LogP contribution in [-0.2, 0) is 0 Å². The summed E-state index contributed by atoms with van der Waals surface area (Å²) in [6.07, 6.45) is 2.11. The second-order valence-corrected chi connectivity index (χ2v) is 8.25. The van der Waals surface area contributed by atoms with E-state index in [1.54, 1.807) is 18.2 Å². The third-order valence-electron chi connectivity index (χ3n) is 4.24. The second-order valence-electron chi connectivity index (χ2n) is 7.84. The lowest BCUT2D eigenvalue weighted by atomic mass is 9.97. The van der Waals surface area contributed by atoms with Gasteiger partial charge in [-0.25, -0.2) is 4.79 Å². The molecule has 1 unspecified atom stereocenters. The summed E-state index contributed by atoms with van der Waals surface area (Å²) in [4.78, 5) is 26.8. The highest BCUT2D eigenvalue weighted by Crippen LogP contribution is 2.25. The van der Waals surface area contributed by atoms with Crippen molar-refractivity contribution < 1.29 is 9.59 Å². The number of hydrogen-bond acceptors (Lipinski definition) is 3. The normalized spacial score (nSPS) is 17.1. The molecule has 1 heterocycles. The van der Waals surface area contributed by atoms with Crippen LogP contribution in [-0.4, -0.2) is 49.1 Å². The number of benzene rings is 1. The summed E-state index contributed by atoms with van der Waals surface area (Å²) in [6, 6.07) is 4.68. The van der Waals surface area contributed by atoms with Gasteiger partial charge in [0, 0.05) is 24.3 Å². The predicted molar refractivity (Wildman–Crippen MR) is 113 cm³/mol. The number of nitrogens with zero attached hydrogens (tertiary/aromatic N) is 1. The van der Waals surface area contributed by atoms with E-state index in [0.29, 0.717) is 22.2 Å². The lowest BCUT2D eigenvalue weighted by molar-refractivity contribution is 0.0674. The zero-order valence-corrected chi connectivity index (χ0v) is 18.0. The van der Waals surface area contributed by atoms with Crippen LogP contribution in [0.3, 0.4) is 0 Å². The van der Waals surface area contributed by atoms with Crippen molar-refractivity contribution in [3.05, 3.63) is 28.8 Å². The highest BCUT2D eigenvalue weighted by atomic mass is 35.5. The van der Waals surface area contributed by atoms with Crippen LogP contribution < -0.4 is 16.0 Å². The minimum absolute atomic E-state index is 0. The van der Waals surface area contributed by atoms with Gasteiger partial charge in [0.05, 0.1) is 10.6 Å². The number of nitrogens with one attached hydrogen (secondary N) is 3. The summed E-state index contributed by atoms with van der Waals surface area (Å²) >= 11 is 6.26. The van der Waals surface area contributed by atoms with E-state index in [1.807, 2.05) is 32.7 Å². The molecule has 0 saturated carbocycles. The number of piperidine rings is 1. The lowest BCUT2D eigenvalue weighted by Gasteiger charge is -2.33. The van der Waals surface area contributed by atoms with E-state index in [-0.39, 0.29) is 29.9 Å². The summed E-state index contributed by atoms with van der Waals surface area (Å²) in [7, 11) is 1.93. The number of hydrogen-bond donors (Lipinski definition) is 3. The molecule has 152 valence electrons. The Kier molecular flexibility index (Phi) is 8.85. The molecule has 1 atom stereocenters. The van der Waals surface area contributed by atoms with E-state index in [2.05, 4.69) is 16.0 Å². The Bertz CT molecular complexity index is 660. The topological polar surface area (TPSA) is 73.5 Å². The number of rotatable bonds is 4. The van der Waals surface area contributed by atoms with Crippen molar-refractivity contribution >= 4 is 41.6 Å². The molecule has 1 aromatic carbocycles. The summed E-state index contributed by atoms with van der Waals surface area (Å²) < 4.78 is 0. The van der Waals surface area contributed by atoms with E-state index in [9.17, 15) is 9.59 Å². The maximum absolute atomic E-state index is 12.9. The van der Waals surface area contributed by atoms with Gasteiger partial charge in [-0.05, 0) is 71.3 Å². The summed E-state index contributed by atoms with van der Waals surface area (Å²) in [5.41, 5.74) is 0.624. The average Bonchev–Trinajstić information content (AvgIpc) is 2.55. The third-order valence-corrected chi connectivity index (χ3v) is 4.57. The zero-order chi connectivity index (χ0) is 19.3. The van der Waals surface area contributed by atoms with E-state index in [4.69, 9.17) is 11.6 Å². The van der Waals surface area contributed by atoms with Crippen LogP contribution >= 0.6 is 24.0 Å². The molecule has 0 aromatic heterocycles. The molecule has 1 fully saturated rings. The van der Waals surface area contributed by atoms with Crippen molar-refractivity contribution in [2.45, 2.75) is 39.2 Å². The predicted octanol–water partition coefficient (Wildman–Crippen LogP) is 3.75. The number of amides is 3. The fourth-order valence-corrected chi connectivity index (χ4v) is 3.34. The summed E-state index contributed by atoms with van der Waals surface area (Å²) in [6.45, 7) is 8.06. The maximum atomic E-state index is 12.9. The molecule has 8 heteroatoms. The molecule has 2 rings (SSSR count). The largest absolute Gasteiger partial charge is 0.338 e. The Hall–Kier alpha value is -1.50. The number of urea groups is 1. The second kappa shape index (κ2) is 10.2. The SMILES string of the molecule is CNCC1CCCN(C(=O)c2cc(NC(=O)NC(C)(C)C)ccc2Cl)C1.Cl. The lowest BCUT2D eigenvalue weighted by Crippen LogP contribution is -2.43. The minimum atomic E-state index is -0.342. The standard InChI is InChI=1S/C19H29ClN4O2.ClH/c1-19(2,3)23-18(26)22-14-7-8-16(20)15(10-14)17(25)24-9-5-6-13(12-24)11-21-4;/h7-8,10,13,21H,5-6,9,11-12H2,1-4H3,(H2,22,23,26);1H. The van der Waals surface area contributed by atoms with Gasteiger partial charge in [0.2, 0.25) is 0 Å². The van der Waals surface area contributed by atoms with Crippen LogP contribution in [0, 0.1) is 5.92 Å². The minimum Gasteiger partial charge on any atom is -0.338 e. The van der Waals surface area contributed by atoms with Gasteiger partial charge in [-0.2, -0.15) is 0 Å². The Morgan fingerprint density at radius 2 is 2.00 bits per heavy atom. The molecule has 1 saturated heterocycles. The van der Waals surface area contributed by atoms with Crippen LogP contribution in [0.4, 0.5) is 10.5 Å². The first kappa shape index (κ1) is 23.5. The monoisotopic (exact) mass is 416 g/mol. The molecule has 6 nitrogen and oxygen atoms in total. The molecular formula is C19H30Cl2N4O2. The molecule has 0 bridgehead atoms. The summed E-state index contributed by atoms with van der Waals surface area (Å²) in [5, 5.41) is 9.17. The van der Waals surface area contributed by atoms with Gasteiger partial charge in [-0.15, -0.1) is 12.4 Å². The fraction of sp³-hybridized carbons (Fsp3) is 0.579. The Morgan fingerprint density at radius 3 is 2.63 bits per heavy atom. The molecule has 1 aromatic rings. The van der Waals surface area contributed by atoms with Gasteiger partial charge in [-0.1, -0.05) is 11.6 Å². The zero-order valence-electron chi connectivity index (χ0n) is 16.4. The number of carbonyl (C=O) groups excluding carboxylic acids is 2. The number of carbonyl (C=O) groups is 2. The smallest absolute Gasteiger partial charge is 0.319 e. The van der Waals surface area contributed by atoms with Crippen LogP contribution in [0.5, 0.6) is 0 Å². The van der Waals surface area contributed by atoms with E-state index in [0.717, 1.165) is 32.5 Å². The van der Waals surface area contributed by atoms with Crippen molar-refractivity contribution in [3.8, 4) is 0 Å². The molecule has 27 heavy (non-hydrogen) atoms. The third kappa shape index (κ3) is 7.20. The average molecular weight is 417 g/mol. The first-order chi connectivity index (χ1) is 12.2. The van der Waals surface area contributed by atoms with E-state index >= 15 is 0 Å². The first-order valence-corrected chi connectivity index (χ1v) is 9.40. The van der Waals surface area contributed by atoms with E-state index in [1.165, 1.54) is 0 Å². The molecule has 0 radical (unpaired) electrons. The van der Waals surface area contributed by atoms with Crippen molar-refractivity contribution in [1.82, 2.24) is 15.5 Å². The molecule has 3 amide bonds. The molecule has 1 aliphatic heterocycles. The van der Waals surface area contributed by atoms with Crippen LogP contribution in [0.1, 0.15) is 44.0 Å². The molecule has 1 aliphatic rings. The number of anilines is 1. The summed E-state index contributed by atoms with van der Waals surface area (Å²) in [5.74, 6) is 0.367. The molecule has 3 N–H and O–H groups in total. The van der Waals surface area contributed by atoms with Crippen molar-refractivity contribution in [2.75, 3.05) is 32.0 Å². The number of halogens is 2. The molecule has 0 spiro atoms. The number of likely N-dealkylation sites (tertiary alicyclic amines) is 1.